The van der Waals surface area contributed by atoms with Crippen LogP contribution in [-0.4, -0.2) is 33.9 Å². The standard InChI is InChI=1S/C10H15BrN2O2/c1-7-3-8(11)9(12-4-7)13-10(2,5-14)6-15/h3-4,14-15H,5-6H2,1-2H3,(H,12,13). The van der Waals surface area contributed by atoms with E-state index in [-0.39, 0.29) is 13.2 Å². The van der Waals surface area contributed by atoms with Crippen molar-refractivity contribution in [2.45, 2.75) is 19.4 Å². The van der Waals surface area contributed by atoms with E-state index < -0.39 is 5.54 Å². The summed E-state index contributed by atoms with van der Waals surface area (Å²) in [5.74, 6) is 0.617. The van der Waals surface area contributed by atoms with Gasteiger partial charge in [0.1, 0.15) is 5.82 Å². The van der Waals surface area contributed by atoms with Crippen LogP contribution < -0.4 is 5.32 Å². The SMILES string of the molecule is Cc1cnc(NC(C)(CO)CO)c(Br)c1. The van der Waals surface area contributed by atoms with Crippen molar-refractivity contribution in [3.05, 3.63) is 22.3 Å². The second-order valence-corrected chi connectivity index (χ2v) is 4.70. The van der Waals surface area contributed by atoms with E-state index in [0.29, 0.717) is 5.82 Å². The molecular formula is C10H15BrN2O2. The molecule has 0 spiro atoms. The van der Waals surface area contributed by atoms with Gasteiger partial charge >= 0.3 is 0 Å². The van der Waals surface area contributed by atoms with Gasteiger partial charge in [-0.3, -0.25) is 0 Å². The summed E-state index contributed by atoms with van der Waals surface area (Å²) in [5, 5.41) is 21.2. The molecule has 0 fully saturated rings. The third-order valence-corrected chi connectivity index (χ3v) is 2.70. The Morgan fingerprint density at radius 1 is 1.47 bits per heavy atom. The monoisotopic (exact) mass is 274 g/mol. The van der Waals surface area contributed by atoms with Crippen LogP contribution in [0.1, 0.15) is 12.5 Å². The number of nitrogens with zero attached hydrogens (tertiary/aromatic N) is 1. The fourth-order valence-electron chi connectivity index (χ4n) is 1.04. The van der Waals surface area contributed by atoms with Crippen molar-refractivity contribution >= 4 is 21.7 Å². The first-order valence-corrected chi connectivity index (χ1v) is 5.42. The van der Waals surface area contributed by atoms with Crippen molar-refractivity contribution < 1.29 is 10.2 Å². The molecular weight excluding hydrogens is 260 g/mol. The first-order chi connectivity index (χ1) is 7.00. The summed E-state index contributed by atoms with van der Waals surface area (Å²) in [6.07, 6.45) is 1.72. The second-order valence-electron chi connectivity index (χ2n) is 3.84. The molecule has 3 N–H and O–H groups in total. The summed E-state index contributed by atoms with van der Waals surface area (Å²) in [4.78, 5) is 4.18. The number of nitrogens with one attached hydrogen (secondary N) is 1. The van der Waals surface area contributed by atoms with Crippen molar-refractivity contribution in [3.8, 4) is 0 Å². The number of halogens is 1. The maximum Gasteiger partial charge on any atom is 0.140 e. The van der Waals surface area contributed by atoms with Gasteiger partial charge in [0.15, 0.2) is 0 Å². The molecule has 0 atom stereocenters. The van der Waals surface area contributed by atoms with Crippen LogP contribution in [0.3, 0.4) is 0 Å². The summed E-state index contributed by atoms with van der Waals surface area (Å²) < 4.78 is 0.815. The summed E-state index contributed by atoms with van der Waals surface area (Å²) in [5.41, 5.74) is 0.284. The Balaban J connectivity index is 2.89. The fourth-order valence-corrected chi connectivity index (χ4v) is 1.60. The Morgan fingerprint density at radius 3 is 2.53 bits per heavy atom. The minimum Gasteiger partial charge on any atom is -0.394 e. The maximum atomic E-state index is 9.13. The van der Waals surface area contributed by atoms with Crippen molar-refractivity contribution in [3.63, 3.8) is 0 Å². The molecule has 0 aliphatic heterocycles. The maximum absolute atomic E-state index is 9.13. The quantitative estimate of drug-likeness (QED) is 0.775. The molecule has 84 valence electrons. The van der Waals surface area contributed by atoms with Crippen molar-refractivity contribution in [2.75, 3.05) is 18.5 Å². The average Bonchev–Trinajstić information content (AvgIpc) is 2.22. The predicted molar refractivity (Wildman–Crippen MR) is 62.9 cm³/mol. The van der Waals surface area contributed by atoms with Crippen molar-refractivity contribution in [1.29, 1.82) is 0 Å². The summed E-state index contributed by atoms with van der Waals surface area (Å²) in [7, 11) is 0. The second kappa shape index (κ2) is 4.92. The summed E-state index contributed by atoms with van der Waals surface area (Å²) in [6.45, 7) is 3.34. The molecule has 1 aromatic rings. The number of hydrogen-bond acceptors (Lipinski definition) is 4. The first-order valence-electron chi connectivity index (χ1n) is 4.63. The minimum atomic E-state index is -0.759. The number of aliphatic hydroxyl groups is 2. The Hall–Kier alpha value is -0.650. The molecule has 1 heterocycles. The van der Waals surface area contributed by atoms with Crippen molar-refractivity contribution in [2.24, 2.45) is 0 Å². The Kier molecular flexibility index (Phi) is 4.07. The minimum absolute atomic E-state index is 0.161. The first kappa shape index (κ1) is 12.4. The van der Waals surface area contributed by atoms with Crippen LogP contribution in [0.4, 0.5) is 5.82 Å². The highest BCUT2D eigenvalue weighted by molar-refractivity contribution is 9.10. The third kappa shape index (κ3) is 3.15. The molecule has 5 heteroatoms. The number of aliphatic hydroxyl groups excluding tert-OH is 2. The van der Waals surface area contributed by atoms with Gasteiger partial charge in [-0.15, -0.1) is 0 Å². The van der Waals surface area contributed by atoms with Gasteiger partial charge in [0.2, 0.25) is 0 Å². The number of hydrogen-bond donors (Lipinski definition) is 3. The lowest BCUT2D eigenvalue weighted by Crippen LogP contribution is -2.42. The highest BCUT2D eigenvalue weighted by Gasteiger charge is 2.23. The number of anilines is 1. The van der Waals surface area contributed by atoms with E-state index in [9.17, 15) is 0 Å². The summed E-state index contributed by atoms with van der Waals surface area (Å²) >= 11 is 3.37. The smallest absolute Gasteiger partial charge is 0.140 e. The van der Waals surface area contributed by atoms with E-state index in [0.717, 1.165) is 10.0 Å². The van der Waals surface area contributed by atoms with E-state index in [4.69, 9.17) is 10.2 Å². The summed E-state index contributed by atoms with van der Waals surface area (Å²) in [6, 6.07) is 1.92. The lowest BCUT2D eigenvalue weighted by atomic mass is 10.1. The van der Waals surface area contributed by atoms with Gasteiger partial charge in [-0.25, -0.2) is 4.98 Å². The molecule has 1 rings (SSSR count). The number of aryl methyl sites for hydroxylation is 1. The van der Waals surface area contributed by atoms with Gasteiger partial charge in [0.05, 0.1) is 23.2 Å². The molecule has 4 nitrogen and oxygen atoms in total. The van der Waals surface area contributed by atoms with Gasteiger partial charge in [0, 0.05) is 6.20 Å². The fraction of sp³-hybridized carbons (Fsp3) is 0.500. The molecule has 0 saturated heterocycles. The molecule has 0 bridgehead atoms. The molecule has 0 amide bonds. The Bertz CT molecular complexity index is 340. The van der Waals surface area contributed by atoms with Crippen LogP contribution in [0.15, 0.2) is 16.7 Å². The molecule has 0 aliphatic rings. The van der Waals surface area contributed by atoms with E-state index in [1.807, 2.05) is 13.0 Å². The molecule has 0 saturated carbocycles. The lowest BCUT2D eigenvalue weighted by Gasteiger charge is -2.27. The Morgan fingerprint density at radius 2 is 2.07 bits per heavy atom. The molecule has 1 aromatic heterocycles. The van der Waals surface area contributed by atoms with E-state index in [1.54, 1.807) is 13.1 Å². The molecule has 15 heavy (non-hydrogen) atoms. The van der Waals surface area contributed by atoms with Gasteiger partial charge in [-0.1, -0.05) is 0 Å². The molecule has 0 aromatic carbocycles. The van der Waals surface area contributed by atoms with Gasteiger partial charge < -0.3 is 15.5 Å². The van der Waals surface area contributed by atoms with Crippen LogP contribution in [0.5, 0.6) is 0 Å². The van der Waals surface area contributed by atoms with Gasteiger partial charge in [-0.05, 0) is 41.4 Å². The highest BCUT2D eigenvalue weighted by Crippen LogP contribution is 2.23. The third-order valence-electron chi connectivity index (χ3n) is 2.10. The molecule has 0 unspecified atom stereocenters. The largest absolute Gasteiger partial charge is 0.394 e. The zero-order valence-electron chi connectivity index (χ0n) is 8.79. The van der Waals surface area contributed by atoms with Crippen LogP contribution in [-0.2, 0) is 0 Å². The van der Waals surface area contributed by atoms with Crippen LogP contribution in [0.25, 0.3) is 0 Å². The van der Waals surface area contributed by atoms with Gasteiger partial charge in [0.25, 0.3) is 0 Å². The van der Waals surface area contributed by atoms with E-state index in [2.05, 4.69) is 26.2 Å². The van der Waals surface area contributed by atoms with E-state index >= 15 is 0 Å². The number of pyridine rings is 1. The topological polar surface area (TPSA) is 65.4 Å². The van der Waals surface area contributed by atoms with Crippen LogP contribution in [0.2, 0.25) is 0 Å². The predicted octanol–water partition coefficient (Wildman–Crippen LogP) is 1.31. The zero-order chi connectivity index (χ0) is 11.5. The highest BCUT2D eigenvalue weighted by atomic mass is 79.9. The normalized spacial score (nSPS) is 11.5. The number of aromatic nitrogens is 1. The lowest BCUT2D eigenvalue weighted by molar-refractivity contribution is 0.147. The molecule has 0 aliphatic carbocycles. The average molecular weight is 275 g/mol. The van der Waals surface area contributed by atoms with Crippen LogP contribution >= 0.6 is 15.9 Å². The molecule has 0 radical (unpaired) electrons. The van der Waals surface area contributed by atoms with E-state index in [1.165, 1.54) is 0 Å². The van der Waals surface area contributed by atoms with Gasteiger partial charge in [-0.2, -0.15) is 0 Å². The van der Waals surface area contributed by atoms with Crippen molar-refractivity contribution in [1.82, 2.24) is 4.98 Å². The number of rotatable bonds is 4. The Labute approximate surface area is 97.5 Å². The zero-order valence-corrected chi connectivity index (χ0v) is 10.4. The van der Waals surface area contributed by atoms with Crippen LogP contribution in [0, 0.1) is 6.92 Å².